The van der Waals surface area contributed by atoms with Gasteiger partial charge in [0, 0.05) is 18.0 Å². The summed E-state index contributed by atoms with van der Waals surface area (Å²) >= 11 is 5.08. The predicted octanol–water partition coefficient (Wildman–Crippen LogP) is 8.14. The summed E-state index contributed by atoms with van der Waals surface area (Å²) in [6.07, 6.45) is 10.7. The highest BCUT2D eigenvalue weighted by Crippen LogP contribution is 2.34. The zero-order valence-corrected chi connectivity index (χ0v) is 20.6. The average molecular weight is 429 g/mol. The van der Waals surface area contributed by atoms with Gasteiger partial charge in [-0.05, 0) is 61.9 Å². The summed E-state index contributed by atoms with van der Waals surface area (Å²) in [5.41, 5.74) is 4.01. The van der Waals surface area contributed by atoms with Crippen LogP contribution in [0.4, 0.5) is 0 Å². The van der Waals surface area contributed by atoms with Crippen LogP contribution in [0, 0.1) is 16.7 Å². The number of hydrogen-bond donors (Lipinski definition) is 0. The topological polar surface area (TPSA) is 27.0 Å². The molecule has 166 valence electrons. The first kappa shape index (κ1) is 30.1. The van der Waals surface area contributed by atoms with Crippen molar-refractivity contribution >= 4 is 11.6 Å². The Bertz CT molecular complexity index is 689. The number of nitriles is 1. The summed E-state index contributed by atoms with van der Waals surface area (Å²) < 4.78 is 0. The molecule has 0 spiro atoms. The van der Waals surface area contributed by atoms with Crippen molar-refractivity contribution < 1.29 is 0 Å². The quantitative estimate of drug-likeness (QED) is 0.364. The Labute approximate surface area is 191 Å². The van der Waals surface area contributed by atoms with Gasteiger partial charge in [-0.15, -0.1) is 0 Å². The average Bonchev–Trinajstić information content (AvgIpc) is 2.67. The van der Waals surface area contributed by atoms with Crippen molar-refractivity contribution in [1.82, 2.24) is 4.90 Å². The fraction of sp³-hybridized carbons (Fsp3) is 0.444. The second-order valence-electron chi connectivity index (χ2n) is 7.82. The zero-order chi connectivity index (χ0) is 23.7. The van der Waals surface area contributed by atoms with Crippen molar-refractivity contribution in [3.05, 3.63) is 84.5 Å². The standard InChI is InChI=1S/C22H30N2.C3H5Cl.C2H6/c1-18(2)7-9-20(4)21(5)10-8-19(3)17-24-15-12-22(6,11-14-23)13-16-24;1-3(2)4;1-2/h7-10H,1,3-5,11-13,15-17H2,2,6H3;1H2,2H3;1-2H3/b9-7-,10-8-;;. The van der Waals surface area contributed by atoms with Gasteiger partial charge < -0.3 is 0 Å². The molecule has 0 aromatic carbocycles. The molecule has 0 atom stereocenters. The van der Waals surface area contributed by atoms with Gasteiger partial charge >= 0.3 is 0 Å². The minimum absolute atomic E-state index is 0.185. The molecule has 0 amide bonds. The lowest BCUT2D eigenvalue weighted by Gasteiger charge is -2.38. The van der Waals surface area contributed by atoms with Gasteiger partial charge in [0.05, 0.1) is 6.07 Å². The van der Waals surface area contributed by atoms with Gasteiger partial charge in [0.25, 0.3) is 0 Å². The number of hydrogen-bond acceptors (Lipinski definition) is 2. The van der Waals surface area contributed by atoms with E-state index in [0.717, 1.165) is 54.8 Å². The highest BCUT2D eigenvalue weighted by Gasteiger charge is 2.29. The Hall–Kier alpha value is -2.08. The van der Waals surface area contributed by atoms with Gasteiger partial charge in [-0.25, -0.2) is 0 Å². The van der Waals surface area contributed by atoms with E-state index in [2.05, 4.69) is 50.8 Å². The largest absolute Gasteiger partial charge is 0.299 e. The predicted molar refractivity (Wildman–Crippen MR) is 137 cm³/mol. The Morgan fingerprint density at radius 1 is 0.967 bits per heavy atom. The molecule has 1 aliphatic rings. The Morgan fingerprint density at radius 3 is 1.80 bits per heavy atom. The number of likely N-dealkylation sites (tertiary alicyclic amines) is 1. The second kappa shape index (κ2) is 16.7. The number of nitrogens with zero attached hydrogens (tertiary/aromatic N) is 2. The molecule has 3 heteroatoms. The van der Waals surface area contributed by atoms with E-state index in [0.29, 0.717) is 11.5 Å². The first-order valence-electron chi connectivity index (χ1n) is 10.5. The summed E-state index contributed by atoms with van der Waals surface area (Å²) in [5, 5.41) is 9.56. The molecular weight excluding hydrogens is 388 g/mol. The molecule has 0 bridgehead atoms. The minimum atomic E-state index is 0.185. The molecule has 1 fully saturated rings. The summed E-state index contributed by atoms with van der Waals surface area (Å²) in [7, 11) is 0. The molecule has 0 N–H and O–H groups in total. The number of rotatable bonds is 8. The lowest BCUT2D eigenvalue weighted by Crippen LogP contribution is -2.39. The number of piperidine rings is 1. The maximum atomic E-state index is 8.92. The fourth-order valence-corrected chi connectivity index (χ4v) is 2.63. The normalized spacial score (nSPS) is 15.2. The van der Waals surface area contributed by atoms with Crippen molar-refractivity contribution in [3.63, 3.8) is 0 Å². The van der Waals surface area contributed by atoms with E-state index in [9.17, 15) is 0 Å². The molecule has 0 aromatic heterocycles. The summed E-state index contributed by atoms with van der Waals surface area (Å²) in [4.78, 5) is 2.41. The van der Waals surface area contributed by atoms with Crippen LogP contribution in [0.2, 0.25) is 0 Å². The third kappa shape index (κ3) is 15.8. The van der Waals surface area contributed by atoms with E-state index in [1.807, 2.05) is 45.1 Å². The maximum Gasteiger partial charge on any atom is 0.0627 e. The lowest BCUT2D eigenvalue weighted by atomic mass is 9.78. The third-order valence-electron chi connectivity index (χ3n) is 4.50. The van der Waals surface area contributed by atoms with E-state index in [4.69, 9.17) is 16.9 Å². The van der Waals surface area contributed by atoms with Crippen LogP contribution in [-0.2, 0) is 0 Å². The lowest BCUT2D eigenvalue weighted by molar-refractivity contribution is 0.130. The maximum absolute atomic E-state index is 8.92. The summed E-state index contributed by atoms with van der Waals surface area (Å²) in [6.45, 7) is 32.2. The van der Waals surface area contributed by atoms with Gasteiger partial charge in [0.1, 0.15) is 0 Å². The Morgan fingerprint density at radius 2 is 1.40 bits per heavy atom. The van der Waals surface area contributed by atoms with Gasteiger partial charge in [-0.3, -0.25) is 4.90 Å². The van der Waals surface area contributed by atoms with Crippen LogP contribution < -0.4 is 0 Å². The van der Waals surface area contributed by atoms with Crippen LogP contribution in [0.5, 0.6) is 0 Å². The monoisotopic (exact) mass is 428 g/mol. The first-order valence-corrected chi connectivity index (χ1v) is 10.8. The Kier molecular flexibility index (Phi) is 16.8. The van der Waals surface area contributed by atoms with E-state index >= 15 is 0 Å². The summed E-state index contributed by atoms with van der Waals surface area (Å²) in [6, 6.07) is 2.32. The molecule has 30 heavy (non-hydrogen) atoms. The van der Waals surface area contributed by atoms with Gasteiger partial charge in [-0.2, -0.15) is 5.26 Å². The molecule has 0 aromatic rings. The van der Waals surface area contributed by atoms with Crippen LogP contribution in [-0.4, -0.2) is 24.5 Å². The van der Waals surface area contributed by atoms with E-state index in [1.165, 1.54) is 0 Å². The van der Waals surface area contributed by atoms with Crippen molar-refractivity contribution in [1.29, 1.82) is 5.26 Å². The smallest absolute Gasteiger partial charge is 0.0627 e. The fourth-order valence-electron chi connectivity index (χ4n) is 2.63. The van der Waals surface area contributed by atoms with Crippen LogP contribution >= 0.6 is 11.6 Å². The number of allylic oxidation sites excluding steroid dienone is 7. The molecule has 1 heterocycles. The van der Waals surface area contributed by atoms with Crippen LogP contribution in [0.25, 0.3) is 0 Å². The number of halogens is 1. The van der Waals surface area contributed by atoms with Crippen molar-refractivity contribution in [3.8, 4) is 6.07 Å². The van der Waals surface area contributed by atoms with Gasteiger partial charge in [0.2, 0.25) is 0 Å². The van der Waals surface area contributed by atoms with Crippen molar-refractivity contribution in [2.24, 2.45) is 5.41 Å². The molecule has 0 saturated carbocycles. The molecule has 0 aliphatic carbocycles. The highest BCUT2D eigenvalue weighted by molar-refractivity contribution is 6.28. The van der Waals surface area contributed by atoms with E-state index in [-0.39, 0.29) is 5.41 Å². The van der Waals surface area contributed by atoms with Crippen LogP contribution in [0.15, 0.2) is 84.5 Å². The molecule has 2 nitrogen and oxygen atoms in total. The molecule has 1 rings (SSSR count). The van der Waals surface area contributed by atoms with E-state index < -0.39 is 0 Å². The van der Waals surface area contributed by atoms with E-state index in [1.54, 1.807) is 6.92 Å². The molecular formula is C27H41ClN2. The Balaban J connectivity index is 0. The molecule has 1 saturated heterocycles. The van der Waals surface area contributed by atoms with Crippen LogP contribution in [0.1, 0.15) is 53.9 Å². The molecule has 1 aliphatic heterocycles. The highest BCUT2D eigenvalue weighted by atomic mass is 35.5. The van der Waals surface area contributed by atoms with Gasteiger partial charge in [-0.1, -0.05) is 95.1 Å². The minimum Gasteiger partial charge on any atom is -0.299 e. The third-order valence-corrected chi connectivity index (χ3v) is 4.50. The molecule has 0 radical (unpaired) electrons. The molecule has 0 unspecified atom stereocenters. The summed E-state index contributed by atoms with van der Waals surface area (Å²) in [5.74, 6) is 0. The first-order chi connectivity index (χ1) is 14.0. The van der Waals surface area contributed by atoms with Crippen molar-refractivity contribution in [2.75, 3.05) is 19.6 Å². The van der Waals surface area contributed by atoms with Crippen molar-refractivity contribution in [2.45, 2.75) is 53.9 Å². The SMILES string of the molecule is C=C(C)/C=C\C(=C)C(=C)/C=C\C(=C)CN1CCC(C)(CC#N)CC1.C=C(C)Cl.CC. The zero-order valence-electron chi connectivity index (χ0n) is 19.9. The van der Waals surface area contributed by atoms with Crippen LogP contribution in [0.3, 0.4) is 0 Å². The second-order valence-corrected chi connectivity index (χ2v) is 8.46. The van der Waals surface area contributed by atoms with Gasteiger partial charge in [0.15, 0.2) is 0 Å².